The summed E-state index contributed by atoms with van der Waals surface area (Å²) in [6, 6.07) is 0. The molecule has 5 nitrogen and oxygen atoms in total. The van der Waals surface area contributed by atoms with Gasteiger partial charge in [0.1, 0.15) is 0 Å². The molecule has 0 aromatic carbocycles. The second kappa shape index (κ2) is 5.84. The van der Waals surface area contributed by atoms with Gasteiger partial charge in [-0.05, 0) is 19.3 Å². The lowest BCUT2D eigenvalue weighted by molar-refractivity contribution is -0.122. The third-order valence-electron chi connectivity index (χ3n) is 3.03. The fraction of sp³-hybridized carbons (Fsp3) is 0.818. The van der Waals surface area contributed by atoms with Crippen LogP contribution in [-0.4, -0.2) is 23.9 Å². The molecule has 0 atom stereocenters. The topological polar surface area (TPSA) is 98.2 Å². The molecule has 0 unspecified atom stereocenters. The quantitative estimate of drug-likeness (QED) is 0.558. The van der Waals surface area contributed by atoms with Gasteiger partial charge in [-0.1, -0.05) is 12.8 Å². The third-order valence-corrected chi connectivity index (χ3v) is 3.03. The van der Waals surface area contributed by atoms with Crippen molar-refractivity contribution in [2.24, 2.45) is 11.5 Å². The first-order valence-electron chi connectivity index (χ1n) is 5.86. The lowest BCUT2D eigenvalue weighted by atomic mass is 9.94. The van der Waals surface area contributed by atoms with Crippen LogP contribution in [0.4, 0.5) is 0 Å². The Labute approximate surface area is 95.9 Å². The van der Waals surface area contributed by atoms with Crippen LogP contribution in [-0.2, 0) is 9.59 Å². The molecule has 1 rings (SSSR count). The number of carbonyl (C=O) groups is 2. The molecule has 0 saturated heterocycles. The van der Waals surface area contributed by atoms with E-state index in [1.54, 1.807) is 0 Å². The minimum absolute atomic E-state index is 0.0196. The third kappa shape index (κ3) is 4.61. The highest BCUT2D eigenvalue weighted by atomic mass is 16.2. The minimum Gasteiger partial charge on any atom is -0.370 e. The van der Waals surface area contributed by atoms with Gasteiger partial charge in [-0.3, -0.25) is 9.59 Å². The van der Waals surface area contributed by atoms with Crippen molar-refractivity contribution in [3.8, 4) is 0 Å². The van der Waals surface area contributed by atoms with Crippen molar-refractivity contribution in [3.05, 3.63) is 0 Å². The molecule has 5 heteroatoms. The Balaban J connectivity index is 2.13. The highest BCUT2D eigenvalue weighted by Crippen LogP contribution is 2.29. The standard InChI is InChI=1S/C11H21N3O2/c12-9(15)4-3-7-14-10(16)8-11(13)5-1-2-6-11/h1-8,13H2,(H2,12,15)(H,14,16). The summed E-state index contributed by atoms with van der Waals surface area (Å²) in [6.07, 6.45) is 5.40. The van der Waals surface area contributed by atoms with Gasteiger partial charge in [0.25, 0.3) is 0 Å². The lowest BCUT2D eigenvalue weighted by Crippen LogP contribution is -2.42. The van der Waals surface area contributed by atoms with E-state index < -0.39 is 0 Å². The predicted octanol–water partition coefficient (Wildman–Crippen LogP) is 0.0297. The number of primary amides is 1. The number of nitrogens with two attached hydrogens (primary N) is 2. The van der Waals surface area contributed by atoms with Gasteiger partial charge in [-0.2, -0.15) is 0 Å². The van der Waals surface area contributed by atoms with E-state index in [2.05, 4.69) is 5.32 Å². The van der Waals surface area contributed by atoms with E-state index >= 15 is 0 Å². The van der Waals surface area contributed by atoms with E-state index in [9.17, 15) is 9.59 Å². The molecule has 1 aliphatic rings. The minimum atomic E-state index is -0.333. The van der Waals surface area contributed by atoms with Crippen molar-refractivity contribution in [1.29, 1.82) is 0 Å². The molecule has 0 aromatic rings. The van der Waals surface area contributed by atoms with E-state index in [-0.39, 0.29) is 17.4 Å². The van der Waals surface area contributed by atoms with Gasteiger partial charge in [0.05, 0.1) is 0 Å². The van der Waals surface area contributed by atoms with Crippen LogP contribution in [0.3, 0.4) is 0 Å². The number of hydrogen-bond donors (Lipinski definition) is 3. The van der Waals surface area contributed by atoms with Gasteiger partial charge in [0.2, 0.25) is 11.8 Å². The zero-order valence-electron chi connectivity index (χ0n) is 9.63. The van der Waals surface area contributed by atoms with E-state index in [4.69, 9.17) is 11.5 Å². The van der Waals surface area contributed by atoms with Crippen molar-refractivity contribution in [3.63, 3.8) is 0 Å². The molecule has 1 aliphatic carbocycles. The van der Waals surface area contributed by atoms with Crippen molar-refractivity contribution in [2.45, 2.75) is 50.5 Å². The van der Waals surface area contributed by atoms with E-state index in [0.717, 1.165) is 25.7 Å². The Bertz CT molecular complexity index is 260. The van der Waals surface area contributed by atoms with Gasteiger partial charge in [0.15, 0.2) is 0 Å². The zero-order chi connectivity index (χ0) is 12.0. The molecule has 2 amide bonds. The monoisotopic (exact) mass is 227 g/mol. The molecule has 1 fully saturated rings. The highest BCUT2D eigenvalue weighted by molar-refractivity contribution is 5.77. The first-order chi connectivity index (χ1) is 7.52. The summed E-state index contributed by atoms with van der Waals surface area (Å²) in [7, 11) is 0. The molecule has 0 aliphatic heterocycles. The molecular formula is C11H21N3O2. The van der Waals surface area contributed by atoms with Crippen LogP contribution in [0.5, 0.6) is 0 Å². The van der Waals surface area contributed by atoms with Gasteiger partial charge in [0, 0.05) is 24.9 Å². The summed E-state index contributed by atoms with van der Waals surface area (Å²) < 4.78 is 0. The second-order valence-electron chi connectivity index (χ2n) is 4.67. The van der Waals surface area contributed by atoms with Crippen LogP contribution in [0, 0.1) is 0 Å². The number of nitrogens with one attached hydrogen (secondary N) is 1. The van der Waals surface area contributed by atoms with Gasteiger partial charge in [-0.25, -0.2) is 0 Å². The molecule has 0 bridgehead atoms. The average Bonchev–Trinajstić information content (AvgIpc) is 2.59. The number of amides is 2. The largest absolute Gasteiger partial charge is 0.370 e. The molecule has 5 N–H and O–H groups in total. The fourth-order valence-electron chi connectivity index (χ4n) is 2.13. The zero-order valence-corrected chi connectivity index (χ0v) is 9.63. The van der Waals surface area contributed by atoms with Gasteiger partial charge < -0.3 is 16.8 Å². The van der Waals surface area contributed by atoms with E-state index in [0.29, 0.717) is 25.8 Å². The van der Waals surface area contributed by atoms with Crippen LogP contribution in [0.2, 0.25) is 0 Å². The lowest BCUT2D eigenvalue weighted by Gasteiger charge is -2.22. The van der Waals surface area contributed by atoms with Crippen molar-refractivity contribution in [2.75, 3.05) is 6.54 Å². The molecular weight excluding hydrogens is 206 g/mol. The number of rotatable bonds is 6. The normalized spacial score (nSPS) is 18.3. The molecule has 0 aromatic heterocycles. The van der Waals surface area contributed by atoms with Crippen LogP contribution >= 0.6 is 0 Å². The SMILES string of the molecule is NC(=O)CCCNC(=O)CC1(N)CCCC1. The summed E-state index contributed by atoms with van der Waals surface area (Å²) in [4.78, 5) is 22.0. The molecule has 16 heavy (non-hydrogen) atoms. The molecule has 1 saturated carbocycles. The van der Waals surface area contributed by atoms with Crippen molar-refractivity contribution >= 4 is 11.8 Å². The Morgan fingerprint density at radius 1 is 1.25 bits per heavy atom. The smallest absolute Gasteiger partial charge is 0.221 e. The van der Waals surface area contributed by atoms with E-state index in [1.807, 2.05) is 0 Å². The van der Waals surface area contributed by atoms with Crippen LogP contribution in [0.15, 0.2) is 0 Å². The molecule has 92 valence electrons. The van der Waals surface area contributed by atoms with Crippen LogP contribution in [0.25, 0.3) is 0 Å². The van der Waals surface area contributed by atoms with Crippen molar-refractivity contribution < 1.29 is 9.59 Å². The molecule has 0 heterocycles. The molecule has 0 radical (unpaired) electrons. The first kappa shape index (κ1) is 13.0. The summed E-state index contributed by atoms with van der Waals surface area (Å²) >= 11 is 0. The van der Waals surface area contributed by atoms with E-state index in [1.165, 1.54) is 0 Å². The Hall–Kier alpha value is -1.10. The maximum absolute atomic E-state index is 11.5. The fourth-order valence-corrected chi connectivity index (χ4v) is 2.13. The summed E-state index contributed by atoms with van der Waals surface area (Å²) in [5.74, 6) is -0.353. The summed E-state index contributed by atoms with van der Waals surface area (Å²) in [5.41, 5.74) is 10.8. The average molecular weight is 227 g/mol. The maximum Gasteiger partial charge on any atom is 0.221 e. The number of hydrogen-bond acceptors (Lipinski definition) is 3. The Morgan fingerprint density at radius 2 is 1.88 bits per heavy atom. The first-order valence-corrected chi connectivity index (χ1v) is 5.86. The maximum atomic E-state index is 11.5. The van der Waals surface area contributed by atoms with Crippen LogP contribution in [0.1, 0.15) is 44.9 Å². The van der Waals surface area contributed by atoms with Gasteiger partial charge >= 0.3 is 0 Å². The summed E-state index contributed by atoms with van der Waals surface area (Å²) in [5, 5.41) is 2.76. The predicted molar refractivity (Wildman–Crippen MR) is 61.4 cm³/mol. The van der Waals surface area contributed by atoms with Gasteiger partial charge in [-0.15, -0.1) is 0 Å². The Kier molecular flexibility index (Phi) is 4.73. The highest BCUT2D eigenvalue weighted by Gasteiger charge is 2.31. The van der Waals surface area contributed by atoms with Crippen molar-refractivity contribution in [1.82, 2.24) is 5.32 Å². The second-order valence-corrected chi connectivity index (χ2v) is 4.67. The number of carbonyl (C=O) groups excluding carboxylic acids is 2. The van der Waals surface area contributed by atoms with Crippen LogP contribution < -0.4 is 16.8 Å². The summed E-state index contributed by atoms with van der Waals surface area (Å²) in [6.45, 7) is 0.498. The molecule has 0 spiro atoms. The Morgan fingerprint density at radius 3 is 2.44 bits per heavy atom.